The monoisotopic (exact) mass is 768 g/mol. The van der Waals surface area contributed by atoms with Gasteiger partial charge in [-0.15, -0.1) is 11.8 Å². The number of aliphatic hydroxyl groups excluding tert-OH is 1. The van der Waals surface area contributed by atoms with Gasteiger partial charge in [0.25, 0.3) is 0 Å². The number of carboxylic acids is 1. The number of alkyl halides is 25. The molecular formula is C17H9F25O3S. The molecule has 0 aromatic heterocycles. The minimum atomic E-state index is -9.65. The molecule has 0 saturated carbocycles. The number of carbonyl (C=O) groups is 1. The van der Waals surface area contributed by atoms with E-state index in [-0.39, 0.29) is 0 Å². The minimum Gasteiger partial charge on any atom is -0.481 e. The van der Waals surface area contributed by atoms with Crippen LogP contribution in [0.25, 0.3) is 0 Å². The second-order valence-electron chi connectivity index (χ2n) is 8.62. The lowest BCUT2D eigenvalue weighted by molar-refractivity contribution is -0.482. The summed E-state index contributed by atoms with van der Waals surface area (Å²) in [5, 5.41) is 17.3. The molecule has 3 nitrogen and oxygen atoms in total. The topological polar surface area (TPSA) is 57.5 Å². The molecular weight excluding hydrogens is 759 g/mol. The molecule has 2 N–H and O–H groups in total. The maximum atomic E-state index is 13.8. The SMILES string of the molecule is O=C(O)CC(O)SCCC(F)(F)C(F)(F)C(F)(F)C(F)(F)C(F)(F)C(F)(F)C(F)(F)C(F)(F)C(F)(F)C(F)(F)C(F)(F)C(F)(F)F. The van der Waals surface area contributed by atoms with Gasteiger partial charge < -0.3 is 10.2 Å². The molecule has 0 heterocycles. The fourth-order valence-electron chi connectivity index (χ4n) is 2.67. The van der Waals surface area contributed by atoms with Gasteiger partial charge in [-0.1, -0.05) is 0 Å². The number of thioether (sulfide) groups is 1. The first-order valence-corrected chi connectivity index (χ1v) is 11.3. The Kier molecular flexibility index (Phi) is 11.4. The highest BCUT2D eigenvalue weighted by molar-refractivity contribution is 7.99. The minimum absolute atomic E-state index is 0.589. The molecule has 46 heavy (non-hydrogen) atoms. The number of aliphatic carboxylic acids is 1. The Morgan fingerprint density at radius 2 is 0.696 bits per heavy atom. The van der Waals surface area contributed by atoms with E-state index in [4.69, 9.17) is 10.2 Å². The molecule has 0 rings (SSSR count). The van der Waals surface area contributed by atoms with Gasteiger partial charge in [0.15, 0.2) is 0 Å². The first-order valence-electron chi connectivity index (χ1n) is 10.3. The summed E-state index contributed by atoms with van der Waals surface area (Å²) in [5.41, 5.74) is -2.38. The first-order chi connectivity index (χ1) is 19.6. The molecule has 0 bridgehead atoms. The van der Waals surface area contributed by atoms with Crippen molar-refractivity contribution >= 4 is 17.7 Å². The van der Waals surface area contributed by atoms with Gasteiger partial charge in [-0.3, -0.25) is 4.79 Å². The van der Waals surface area contributed by atoms with Crippen LogP contribution in [0.3, 0.4) is 0 Å². The van der Waals surface area contributed by atoms with Gasteiger partial charge in [-0.2, -0.15) is 110 Å². The molecule has 276 valence electrons. The third-order valence-corrected chi connectivity index (χ3v) is 6.43. The summed E-state index contributed by atoms with van der Waals surface area (Å²) >= 11 is -0.589. The van der Waals surface area contributed by atoms with E-state index in [9.17, 15) is 115 Å². The zero-order chi connectivity index (χ0) is 38.0. The summed E-state index contributed by atoms with van der Waals surface area (Å²) in [6, 6.07) is 0. The standard InChI is InChI=1S/C17H9F25O3S/c18-6(19,1-2-46-5(45)3-4(43)44)7(20,21)8(22,23)9(24,25)10(26,27)11(28,29)12(30,31)13(32,33)14(34,35)15(36,37)16(38,39)17(40,41)42/h5,45H,1-3H2,(H,43,44). The Morgan fingerprint density at radius 3 is 0.935 bits per heavy atom. The van der Waals surface area contributed by atoms with Crippen molar-refractivity contribution in [2.75, 3.05) is 5.75 Å². The van der Waals surface area contributed by atoms with Crippen LogP contribution >= 0.6 is 11.8 Å². The van der Waals surface area contributed by atoms with Crippen LogP contribution in [-0.2, 0) is 4.79 Å². The molecule has 1 atom stereocenters. The summed E-state index contributed by atoms with van der Waals surface area (Å²) in [4.78, 5) is 10.3. The summed E-state index contributed by atoms with van der Waals surface area (Å²) in [6.07, 6.45) is -12.7. The van der Waals surface area contributed by atoms with E-state index < -0.39 is 113 Å². The van der Waals surface area contributed by atoms with Gasteiger partial charge in [-0.25, -0.2) is 0 Å². The second-order valence-corrected chi connectivity index (χ2v) is 9.91. The van der Waals surface area contributed by atoms with E-state index in [0.717, 1.165) is 0 Å². The van der Waals surface area contributed by atoms with Crippen LogP contribution in [-0.4, -0.2) is 98.7 Å². The van der Waals surface area contributed by atoms with Gasteiger partial charge in [0.05, 0.1) is 6.42 Å². The van der Waals surface area contributed by atoms with Gasteiger partial charge in [0.1, 0.15) is 5.44 Å². The van der Waals surface area contributed by atoms with E-state index in [1.807, 2.05) is 0 Å². The largest absolute Gasteiger partial charge is 0.481 e. The zero-order valence-corrected chi connectivity index (χ0v) is 21.2. The van der Waals surface area contributed by atoms with Gasteiger partial charge in [0.2, 0.25) is 0 Å². The van der Waals surface area contributed by atoms with Crippen LogP contribution in [0.5, 0.6) is 0 Å². The summed E-state index contributed by atoms with van der Waals surface area (Å²) in [6.45, 7) is 0. The fourth-order valence-corrected chi connectivity index (χ4v) is 3.58. The van der Waals surface area contributed by atoms with Crippen molar-refractivity contribution < 1.29 is 125 Å². The third-order valence-electron chi connectivity index (χ3n) is 5.44. The number of halogens is 25. The van der Waals surface area contributed by atoms with Crippen molar-refractivity contribution in [3.8, 4) is 0 Å². The smallest absolute Gasteiger partial charge is 0.460 e. The highest BCUT2D eigenvalue weighted by Crippen LogP contribution is 2.67. The Bertz CT molecular complexity index is 1100. The molecule has 0 aliphatic carbocycles. The highest BCUT2D eigenvalue weighted by atomic mass is 32.2. The van der Waals surface area contributed by atoms with Crippen LogP contribution in [0.15, 0.2) is 0 Å². The predicted octanol–water partition coefficient (Wildman–Crippen LogP) is 8.45. The second kappa shape index (κ2) is 11.9. The van der Waals surface area contributed by atoms with Crippen molar-refractivity contribution in [3.63, 3.8) is 0 Å². The molecule has 1 unspecified atom stereocenters. The van der Waals surface area contributed by atoms with Crippen molar-refractivity contribution in [2.45, 2.75) is 89.6 Å². The normalized spacial score (nSPS) is 16.9. The van der Waals surface area contributed by atoms with Crippen molar-refractivity contribution in [1.82, 2.24) is 0 Å². The highest BCUT2D eigenvalue weighted by Gasteiger charge is 2.99. The van der Waals surface area contributed by atoms with Gasteiger partial charge >= 0.3 is 77.3 Å². The van der Waals surface area contributed by atoms with E-state index >= 15 is 0 Å². The van der Waals surface area contributed by atoms with Crippen LogP contribution < -0.4 is 0 Å². The maximum Gasteiger partial charge on any atom is 0.460 e. The molecule has 0 aliphatic heterocycles. The zero-order valence-electron chi connectivity index (χ0n) is 20.4. The number of carboxylic acid groups (broad SMARTS) is 1. The average Bonchev–Trinajstić information content (AvgIpc) is 2.81. The molecule has 0 saturated heterocycles. The van der Waals surface area contributed by atoms with Crippen molar-refractivity contribution in [2.24, 2.45) is 0 Å². The summed E-state index contributed by atoms with van der Waals surface area (Å²) in [7, 11) is 0. The summed E-state index contributed by atoms with van der Waals surface area (Å²) < 4.78 is 334. The number of aliphatic hydroxyl groups is 1. The van der Waals surface area contributed by atoms with Crippen LogP contribution in [0, 0.1) is 0 Å². The number of hydrogen-bond acceptors (Lipinski definition) is 3. The Balaban J connectivity index is 7.00. The lowest BCUT2D eigenvalue weighted by atomic mass is 9.84. The van der Waals surface area contributed by atoms with E-state index in [1.165, 1.54) is 0 Å². The maximum absolute atomic E-state index is 13.8. The molecule has 29 heteroatoms. The number of rotatable bonds is 16. The van der Waals surface area contributed by atoms with Crippen LogP contribution in [0.2, 0.25) is 0 Å². The van der Waals surface area contributed by atoms with E-state index in [2.05, 4.69) is 0 Å². The summed E-state index contributed by atoms with van der Waals surface area (Å²) in [5.74, 6) is -103. The molecule has 0 aromatic carbocycles. The fraction of sp³-hybridized carbons (Fsp3) is 0.941. The van der Waals surface area contributed by atoms with E-state index in [1.54, 1.807) is 0 Å². The molecule has 0 aromatic rings. The molecule has 0 spiro atoms. The molecule has 0 fully saturated rings. The average molecular weight is 768 g/mol. The lowest BCUT2D eigenvalue weighted by Gasteiger charge is -2.45. The molecule has 0 radical (unpaired) electrons. The first kappa shape index (κ1) is 44.0. The Labute approximate surface area is 239 Å². The predicted molar refractivity (Wildman–Crippen MR) is 95.8 cm³/mol. The molecule has 0 amide bonds. The lowest BCUT2D eigenvalue weighted by Crippen LogP contribution is -2.78. The quantitative estimate of drug-likeness (QED) is 0.122. The Morgan fingerprint density at radius 1 is 0.457 bits per heavy atom. The number of hydrogen-bond donors (Lipinski definition) is 2. The van der Waals surface area contributed by atoms with Crippen LogP contribution in [0.4, 0.5) is 110 Å². The van der Waals surface area contributed by atoms with Crippen molar-refractivity contribution in [3.05, 3.63) is 0 Å². The molecule has 0 aliphatic rings. The Hall–Kier alpha value is -1.97. The van der Waals surface area contributed by atoms with Gasteiger partial charge in [0, 0.05) is 12.2 Å². The van der Waals surface area contributed by atoms with Gasteiger partial charge in [-0.05, 0) is 0 Å². The van der Waals surface area contributed by atoms with E-state index in [0.29, 0.717) is 0 Å². The van der Waals surface area contributed by atoms with Crippen molar-refractivity contribution in [1.29, 1.82) is 0 Å². The van der Waals surface area contributed by atoms with Crippen LogP contribution in [0.1, 0.15) is 12.8 Å². The third kappa shape index (κ3) is 6.06.